The Morgan fingerprint density at radius 3 is 2.35 bits per heavy atom. The van der Waals surface area contributed by atoms with E-state index in [1.807, 2.05) is 0 Å². The van der Waals surface area contributed by atoms with Gasteiger partial charge < -0.3 is 9.47 Å². The number of fused-ring (bicyclic) bond motifs is 1. The Kier molecular flexibility index (Phi) is 3.23. The molecule has 6 heteroatoms. The number of hydrogen-bond acceptors (Lipinski definition) is 4. The third kappa shape index (κ3) is 2.55. The molecule has 0 fully saturated rings. The third-order valence-corrected chi connectivity index (χ3v) is 4.25. The van der Waals surface area contributed by atoms with Gasteiger partial charge in [-0.15, -0.1) is 0 Å². The van der Waals surface area contributed by atoms with E-state index in [4.69, 9.17) is 9.47 Å². The quantitative estimate of drug-likeness (QED) is 0.942. The van der Waals surface area contributed by atoms with Crippen LogP contribution in [0.1, 0.15) is 0 Å². The summed E-state index contributed by atoms with van der Waals surface area (Å²) in [7, 11) is -3.59. The topological polar surface area (TPSA) is 64.6 Å². The van der Waals surface area contributed by atoms with Crippen LogP contribution >= 0.6 is 0 Å². The van der Waals surface area contributed by atoms with Crippen molar-refractivity contribution in [3.8, 4) is 11.5 Å². The molecule has 0 aliphatic carbocycles. The van der Waals surface area contributed by atoms with Crippen LogP contribution in [0, 0.1) is 0 Å². The number of anilines is 1. The van der Waals surface area contributed by atoms with Crippen molar-refractivity contribution in [3.05, 3.63) is 48.5 Å². The first-order valence-electron chi connectivity index (χ1n) is 6.13. The zero-order valence-electron chi connectivity index (χ0n) is 10.6. The van der Waals surface area contributed by atoms with E-state index >= 15 is 0 Å². The van der Waals surface area contributed by atoms with Crippen LogP contribution < -0.4 is 14.2 Å². The van der Waals surface area contributed by atoms with E-state index in [0.29, 0.717) is 30.4 Å². The molecule has 2 aromatic carbocycles. The molecule has 1 heterocycles. The number of nitrogens with one attached hydrogen (secondary N) is 1. The lowest BCUT2D eigenvalue weighted by Crippen LogP contribution is -2.16. The predicted octanol–water partition coefficient (Wildman–Crippen LogP) is 2.26. The van der Waals surface area contributed by atoms with Gasteiger partial charge in [0.1, 0.15) is 13.2 Å². The molecule has 1 N–H and O–H groups in total. The van der Waals surface area contributed by atoms with Crippen molar-refractivity contribution in [2.45, 2.75) is 4.90 Å². The van der Waals surface area contributed by atoms with Crippen molar-refractivity contribution in [1.82, 2.24) is 0 Å². The number of ether oxygens (including phenoxy) is 2. The van der Waals surface area contributed by atoms with Crippen LogP contribution in [0.5, 0.6) is 11.5 Å². The molecule has 2 aromatic rings. The van der Waals surface area contributed by atoms with Crippen molar-refractivity contribution < 1.29 is 17.9 Å². The Bertz CT molecular complexity index is 713. The summed E-state index contributed by atoms with van der Waals surface area (Å²) < 4.78 is 37.7. The first-order chi connectivity index (χ1) is 9.65. The van der Waals surface area contributed by atoms with Crippen LogP contribution in [-0.2, 0) is 10.0 Å². The highest BCUT2D eigenvalue weighted by atomic mass is 32.2. The summed E-state index contributed by atoms with van der Waals surface area (Å²) in [4.78, 5) is 0.217. The van der Waals surface area contributed by atoms with Crippen LogP contribution in [0.3, 0.4) is 0 Å². The minimum Gasteiger partial charge on any atom is -0.486 e. The predicted molar refractivity (Wildman–Crippen MR) is 74.7 cm³/mol. The summed E-state index contributed by atoms with van der Waals surface area (Å²) in [5.74, 6) is 1.17. The smallest absolute Gasteiger partial charge is 0.261 e. The van der Waals surface area contributed by atoms with Crippen molar-refractivity contribution in [2.75, 3.05) is 17.9 Å². The van der Waals surface area contributed by atoms with Crippen molar-refractivity contribution in [3.63, 3.8) is 0 Å². The molecule has 5 nitrogen and oxygen atoms in total. The van der Waals surface area contributed by atoms with Gasteiger partial charge in [-0.25, -0.2) is 8.42 Å². The monoisotopic (exact) mass is 291 g/mol. The minimum absolute atomic E-state index is 0.217. The molecule has 0 atom stereocenters. The fourth-order valence-electron chi connectivity index (χ4n) is 1.92. The first kappa shape index (κ1) is 12.8. The van der Waals surface area contributed by atoms with Crippen LogP contribution in [0.25, 0.3) is 0 Å². The maximum atomic E-state index is 12.2. The second kappa shape index (κ2) is 5.05. The number of hydrogen-bond donors (Lipinski definition) is 1. The standard InChI is InChI=1S/C14H13NO4S/c16-20(17,12-4-2-1-3-5-12)15-11-6-7-13-14(10-11)19-9-8-18-13/h1-7,10,15H,8-9H2. The molecule has 1 aliphatic heterocycles. The Balaban J connectivity index is 1.88. The first-order valence-corrected chi connectivity index (χ1v) is 7.61. The Hall–Kier alpha value is -2.21. The summed E-state index contributed by atoms with van der Waals surface area (Å²) in [6, 6.07) is 13.2. The van der Waals surface area contributed by atoms with Crippen molar-refractivity contribution >= 4 is 15.7 Å². The largest absolute Gasteiger partial charge is 0.486 e. The van der Waals surface area contributed by atoms with Crippen LogP contribution in [0.2, 0.25) is 0 Å². The summed E-state index contributed by atoms with van der Waals surface area (Å²) in [5.41, 5.74) is 0.443. The van der Waals surface area contributed by atoms with Gasteiger partial charge in [-0.1, -0.05) is 18.2 Å². The normalized spacial score (nSPS) is 13.8. The van der Waals surface area contributed by atoms with E-state index in [0.717, 1.165) is 0 Å². The molecular formula is C14H13NO4S. The highest BCUT2D eigenvalue weighted by Gasteiger charge is 2.16. The minimum atomic E-state index is -3.59. The molecule has 0 bridgehead atoms. The molecule has 0 spiro atoms. The van der Waals surface area contributed by atoms with Gasteiger partial charge in [0.05, 0.1) is 10.6 Å². The molecular weight excluding hydrogens is 278 g/mol. The van der Waals surface area contributed by atoms with Gasteiger partial charge in [0.25, 0.3) is 10.0 Å². The van der Waals surface area contributed by atoms with E-state index in [-0.39, 0.29) is 4.90 Å². The van der Waals surface area contributed by atoms with Crippen molar-refractivity contribution in [1.29, 1.82) is 0 Å². The number of benzene rings is 2. The van der Waals surface area contributed by atoms with Crippen molar-refractivity contribution in [2.24, 2.45) is 0 Å². The second-order valence-corrected chi connectivity index (χ2v) is 5.96. The lowest BCUT2D eigenvalue weighted by atomic mass is 10.3. The lowest BCUT2D eigenvalue weighted by molar-refractivity contribution is 0.171. The molecule has 1 aliphatic rings. The zero-order valence-corrected chi connectivity index (χ0v) is 11.4. The summed E-state index contributed by atoms with van der Waals surface area (Å²) >= 11 is 0. The van der Waals surface area contributed by atoms with Gasteiger partial charge in [-0.2, -0.15) is 0 Å². The van der Waals surface area contributed by atoms with Gasteiger partial charge in [0.2, 0.25) is 0 Å². The van der Waals surface area contributed by atoms with E-state index in [2.05, 4.69) is 4.72 Å². The molecule has 0 saturated heterocycles. The second-order valence-electron chi connectivity index (χ2n) is 4.28. The van der Waals surface area contributed by atoms with E-state index in [1.54, 1.807) is 48.5 Å². The zero-order chi connectivity index (χ0) is 14.0. The SMILES string of the molecule is O=S(=O)(Nc1ccc2c(c1)OCCO2)c1ccccc1. The highest BCUT2D eigenvalue weighted by Crippen LogP contribution is 2.33. The maximum Gasteiger partial charge on any atom is 0.261 e. The molecule has 3 rings (SSSR count). The van der Waals surface area contributed by atoms with Gasteiger partial charge in [0, 0.05) is 6.07 Å². The number of sulfonamides is 1. The molecule has 0 unspecified atom stereocenters. The fourth-order valence-corrected chi connectivity index (χ4v) is 2.99. The molecule has 0 saturated carbocycles. The van der Waals surface area contributed by atoms with Crippen LogP contribution in [-0.4, -0.2) is 21.6 Å². The molecule has 0 radical (unpaired) electrons. The summed E-state index contributed by atoms with van der Waals surface area (Å²) in [5, 5.41) is 0. The fraction of sp³-hybridized carbons (Fsp3) is 0.143. The van der Waals surface area contributed by atoms with Gasteiger partial charge in [0.15, 0.2) is 11.5 Å². The van der Waals surface area contributed by atoms with Crippen LogP contribution in [0.4, 0.5) is 5.69 Å². The van der Waals surface area contributed by atoms with E-state index in [9.17, 15) is 8.42 Å². The van der Waals surface area contributed by atoms with Gasteiger partial charge in [-0.3, -0.25) is 4.72 Å². The average molecular weight is 291 g/mol. The molecule has 104 valence electrons. The lowest BCUT2D eigenvalue weighted by Gasteiger charge is -2.19. The highest BCUT2D eigenvalue weighted by molar-refractivity contribution is 7.92. The number of rotatable bonds is 3. The molecule has 0 amide bonds. The molecule has 0 aromatic heterocycles. The van der Waals surface area contributed by atoms with E-state index in [1.165, 1.54) is 0 Å². The van der Waals surface area contributed by atoms with Crippen LogP contribution in [0.15, 0.2) is 53.4 Å². The Labute approximate surface area is 117 Å². The Morgan fingerprint density at radius 2 is 1.60 bits per heavy atom. The Morgan fingerprint density at radius 1 is 0.900 bits per heavy atom. The van der Waals surface area contributed by atoms with Gasteiger partial charge in [-0.05, 0) is 24.3 Å². The van der Waals surface area contributed by atoms with Gasteiger partial charge >= 0.3 is 0 Å². The maximum absolute atomic E-state index is 12.2. The third-order valence-electron chi connectivity index (χ3n) is 2.85. The molecule has 20 heavy (non-hydrogen) atoms. The summed E-state index contributed by atoms with van der Waals surface area (Å²) in [6.45, 7) is 0.962. The summed E-state index contributed by atoms with van der Waals surface area (Å²) in [6.07, 6.45) is 0. The average Bonchev–Trinajstić information content (AvgIpc) is 2.48. The van der Waals surface area contributed by atoms with E-state index < -0.39 is 10.0 Å².